The Morgan fingerprint density at radius 2 is 1.91 bits per heavy atom. The van der Waals surface area contributed by atoms with Crippen LogP contribution >= 0.6 is 0 Å². The van der Waals surface area contributed by atoms with E-state index in [1.165, 1.54) is 31.4 Å². The lowest BCUT2D eigenvalue weighted by molar-refractivity contribution is -0.104. The Morgan fingerprint density at radius 1 is 1.17 bits per heavy atom. The summed E-state index contributed by atoms with van der Waals surface area (Å²) in [5.41, 5.74) is 1.25. The SMILES string of the molecule is COc1cc(C(=O)COc2ccc(/C=C/C=O)cc2)ccc1O. The van der Waals surface area contributed by atoms with Gasteiger partial charge in [0.15, 0.2) is 23.9 Å². The first-order chi connectivity index (χ1) is 11.1. The molecule has 0 radical (unpaired) electrons. The Labute approximate surface area is 133 Å². The fourth-order valence-electron chi connectivity index (χ4n) is 1.91. The number of Topliss-reactive ketones (excluding diaryl/α,β-unsaturated/α-hetero) is 1. The highest BCUT2D eigenvalue weighted by molar-refractivity contribution is 5.97. The van der Waals surface area contributed by atoms with Crippen LogP contribution in [0.1, 0.15) is 15.9 Å². The van der Waals surface area contributed by atoms with Gasteiger partial charge in [-0.3, -0.25) is 9.59 Å². The molecule has 118 valence electrons. The third kappa shape index (κ3) is 4.44. The van der Waals surface area contributed by atoms with E-state index in [0.717, 1.165) is 5.56 Å². The number of aromatic hydroxyl groups is 1. The zero-order chi connectivity index (χ0) is 16.7. The molecule has 2 aromatic rings. The van der Waals surface area contributed by atoms with Gasteiger partial charge in [0.05, 0.1) is 7.11 Å². The summed E-state index contributed by atoms with van der Waals surface area (Å²) in [6.45, 7) is -0.128. The number of phenolic OH excluding ortho intramolecular Hbond substituents is 1. The molecule has 0 aliphatic heterocycles. The molecule has 0 fully saturated rings. The number of ketones is 1. The number of allylic oxidation sites excluding steroid dienone is 1. The van der Waals surface area contributed by atoms with E-state index in [2.05, 4.69) is 0 Å². The van der Waals surface area contributed by atoms with Gasteiger partial charge in [-0.25, -0.2) is 0 Å². The summed E-state index contributed by atoms with van der Waals surface area (Å²) in [4.78, 5) is 22.3. The fourth-order valence-corrected chi connectivity index (χ4v) is 1.91. The quantitative estimate of drug-likeness (QED) is 0.483. The molecule has 2 rings (SSSR count). The van der Waals surface area contributed by atoms with Gasteiger partial charge in [-0.2, -0.15) is 0 Å². The van der Waals surface area contributed by atoms with Gasteiger partial charge in [0, 0.05) is 5.56 Å². The Bertz CT molecular complexity index is 717. The molecule has 1 N–H and O–H groups in total. The van der Waals surface area contributed by atoms with Gasteiger partial charge in [0.1, 0.15) is 12.0 Å². The van der Waals surface area contributed by atoms with E-state index in [1.54, 1.807) is 30.3 Å². The van der Waals surface area contributed by atoms with Crippen molar-refractivity contribution in [2.24, 2.45) is 0 Å². The fraction of sp³-hybridized carbons (Fsp3) is 0.111. The number of rotatable bonds is 7. The van der Waals surface area contributed by atoms with E-state index in [1.807, 2.05) is 0 Å². The number of hydrogen-bond acceptors (Lipinski definition) is 5. The maximum atomic E-state index is 12.1. The van der Waals surface area contributed by atoms with Crippen molar-refractivity contribution >= 4 is 18.1 Å². The molecule has 23 heavy (non-hydrogen) atoms. The standard InChI is InChI=1S/C18H16O5/c1-22-18-11-14(6-9-16(18)20)17(21)12-23-15-7-4-13(5-8-15)3-2-10-19/h2-11,20H,12H2,1H3/b3-2+. The second kappa shape index (κ2) is 7.79. The van der Waals surface area contributed by atoms with E-state index < -0.39 is 0 Å². The van der Waals surface area contributed by atoms with Crippen LogP contribution in [0, 0.1) is 0 Å². The number of phenols is 1. The van der Waals surface area contributed by atoms with Gasteiger partial charge in [0.2, 0.25) is 0 Å². The summed E-state index contributed by atoms with van der Waals surface area (Å²) < 4.78 is 10.4. The van der Waals surface area contributed by atoms with E-state index in [9.17, 15) is 14.7 Å². The maximum Gasteiger partial charge on any atom is 0.200 e. The number of aldehydes is 1. The van der Waals surface area contributed by atoms with Crippen molar-refractivity contribution in [2.75, 3.05) is 13.7 Å². The molecule has 0 aliphatic carbocycles. The molecule has 5 heteroatoms. The summed E-state index contributed by atoms with van der Waals surface area (Å²) in [5, 5.41) is 9.52. The molecule has 0 saturated heterocycles. The molecular weight excluding hydrogens is 296 g/mol. The Morgan fingerprint density at radius 3 is 2.57 bits per heavy atom. The first kappa shape index (κ1) is 16.3. The minimum absolute atomic E-state index is 0.0241. The first-order valence-corrected chi connectivity index (χ1v) is 6.89. The molecule has 0 aliphatic rings. The second-order valence-corrected chi connectivity index (χ2v) is 4.66. The number of carbonyl (C=O) groups is 2. The monoisotopic (exact) mass is 312 g/mol. The predicted molar refractivity (Wildman–Crippen MR) is 86.0 cm³/mol. The van der Waals surface area contributed by atoms with E-state index in [0.29, 0.717) is 17.6 Å². The first-order valence-electron chi connectivity index (χ1n) is 6.89. The topological polar surface area (TPSA) is 72.8 Å². The van der Waals surface area contributed by atoms with Crippen molar-refractivity contribution < 1.29 is 24.2 Å². The van der Waals surface area contributed by atoms with Gasteiger partial charge in [0.25, 0.3) is 0 Å². The smallest absolute Gasteiger partial charge is 0.200 e. The number of ether oxygens (including phenoxy) is 2. The molecule has 0 unspecified atom stereocenters. The minimum atomic E-state index is -0.228. The summed E-state index contributed by atoms with van der Waals surface area (Å²) in [5.74, 6) is 0.534. The normalized spacial score (nSPS) is 10.5. The van der Waals surface area contributed by atoms with Crippen molar-refractivity contribution in [3.63, 3.8) is 0 Å². The lowest BCUT2D eigenvalue weighted by atomic mass is 10.1. The highest BCUT2D eigenvalue weighted by atomic mass is 16.5. The zero-order valence-electron chi connectivity index (χ0n) is 12.6. The highest BCUT2D eigenvalue weighted by Gasteiger charge is 2.10. The minimum Gasteiger partial charge on any atom is -0.504 e. The predicted octanol–water partition coefficient (Wildman–Crippen LogP) is 2.87. The number of carbonyl (C=O) groups excluding carboxylic acids is 2. The summed E-state index contributed by atoms with van der Waals surface area (Å²) >= 11 is 0. The summed E-state index contributed by atoms with van der Waals surface area (Å²) in [6, 6.07) is 11.4. The summed E-state index contributed by atoms with van der Waals surface area (Å²) in [6.07, 6.45) is 3.78. The van der Waals surface area contributed by atoms with Crippen molar-refractivity contribution in [3.8, 4) is 17.2 Å². The van der Waals surface area contributed by atoms with Crippen LogP contribution in [0.25, 0.3) is 6.08 Å². The van der Waals surface area contributed by atoms with Crippen LogP contribution in [0.15, 0.2) is 48.5 Å². The molecule has 0 aromatic heterocycles. The Hall–Kier alpha value is -3.08. The molecule has 0 bridgehead atoms. The Kier molecular flexibility index (Phi) is 5.52. The Balaban J connectivity index is 1.98. The van der Waals surface area contributed by atoms with Crippen LogP contribution in [0.2, 0.25) is 0 Å². The zero-order valence-corrected chi connectivity index (χ0v) is 12.6. The summed E-state index contributed by atoms with van der Waals surface area (Å²) in [7, 11) is 1.42. The van der Waals surface area contributed by atoms with Crippen LogP contribution in [0.4, 0.5) is 0 Å². The van der Waals surface area contributed by atoms with Crippen molar-refractivity contribution in [2.45, 2.75) is 0 Å². The van der Waals surface area contributed by atoms with E-state index >= 15 is 0 Å². The van der Waals surface area contributed by atoms with Gasteiger partial charge < -0.3 is 14.6 Å². The third-order valence-electron chi connectivity index (χ3n) is 3.12. The molecular formula is C18H16O5. The van der Waals surface area contributed by atoms with Crippen molar-refractivity contribution in [3.05, 3.63) is 59.7 Å². The number of methoxy groups -OCH3 is 1. The molecule has 0 saturated carbocycles. The average molecular weight is 312 g/mol. The van der Waals surface area contributed by atoms with Gasteiger partial charge in [-0.15, -0.1) is 0 Å². The van der Waals surface area contributed by atoms with Crippen LogP contribution in [-0.2, 0) is 4.79 Å². The molecule has 5 nitrogen and oxygen atoms in total. The van der Waals surface area contributed by atoms with Gasteiger partial charge >= 0.3 is 0 Å². The van der Waals surface area contributed by atoms with Gasteiger partial charge in [-0.05, 0) is 42.0 Å². The lowest BCUT2D eigenvalue weighted by Gasteiger charge is -2.08. The van der Waals surface area contributed by atoms with Crippen molar-refractivity contribution in [1.82, 2.24) is 0 Å². The third-order valence-corrected chi connectivity index (χ3v) is 3.12. The van der Waals surface area contributed by atoms with Crippen LogP contribution in [-0.4, -0.2) is 30.9 Å². The molecule has 0 spiro atoms. The lowest BCUT2D eigenvalue weighted by Crippen LogP contribution is -2.11. The highest BCUT2D eigenvalue weighted by Crippen LogP contribution is 2.26. The number of benzene rings is 2. The second-order valence-electron chi connectivity index (χ2n) is 4.66. The van der Waals surface area contributed by atoms with Crippen LogP contribution < -0.4 is 9.47 Å². The molecule has 2 aromatic carbocycles. The largest absolute Gasteiger partial charge is 0.504 e. The number of hydrogen-bond donors (Lipinski definition) is 1. The van der Waals surface area contributed by atoms with Crippen LogP contribution in [0.3, 0.4) is 0 Å². The maximum absolute atomic E-state index is 12.1. The van der Waals surface area contributed by atoms with Crippen LogP contribution in [0.5, 0.6) is 17.2 Å². The van der Waals surface area contributed by atoms with Crippen molar-refractivity contribution in [1.29, 1.82) is 0 Å². The average Bonchev–Trinajstić information content (AvgIpc) is 2.59. The van der Waals surface area contributed by atoms with E-state index in [4.69, 9.17) is 9.47 Å². The molecule has 0 amide bonds. The molecule has 0 atom stereocenters. The molecule has 0 heterocycles. The van der Waals surface area contributed by atoms with Gasteiger partial charge in [-0.1, -0.05) is 18.2 Å². The van der Waals surface area contributed by atoms with E-state index in [-0.39, 0.29) is 23.9 Å².